The molecule has 1 rings (SSSR count). The van der Waals surface area contributed by atoms with Crippen LogP contribution in [-0.4, -0.2) is 23.0 Å². The van der Waals surface area contributed by atoms with Crippen molar-refractivity contribution in [2.24, 2.45) is 5.73 Å². The highest BCUT2D eigenvalue weighted by Crippen LogP contribution is 2.16. The fourth-order valence-corrected chi connectivity index (χ4v) is 1.12. The van der Waals surface area contributed by atoms with Crippen LogP contribution in [0.25, 0.3) is 0 Å². The molecule has 1 saturated heterocycles. The zero-order valence-corrected chi connectivity index (χ0v) is 7.49. The van der Waals surface area contributed by atoms with Crippen LogP contribution < -0.4 is 11.1 Å². The summed E-state index contributed by atoms with van der Waals surface area (Å²) >= 11 is 0. The third kappa shape index (κ3) is 3.05. The van der Waals surface area contributed by atoms with Crippen molar-refractivity contribution in [3.63, 3.8) is 0 Å². The first-order valence-electron chi connectivity index (χ1n) is 3.09. The number of nitrogens with two attached hydrogens (primary N) is 1. The first-order valence-corrected chi connectivity index (χ1v) is 3.09. The first kappa shape index (κ1) is 13.3. The molecule has 0 bridgehead atoms. The van der Waals surface area contributed by atoms with Crippen LogP contribution in [0.4, 0.5) is 0 Å². The van der Waals surface area contributed by atoms with E-state index < -0.39 is 0 Å². The van der Waals surface area contributed by atoms with Crippen LogP contribution in [0.2, 0.25) is 0 Å². The molecule has 0 aromatic rings. The Morgan fingerprint density at radius 3 is 2.18 bits per heavy atom. The van der Waals surface area contributed by atoms with Crippen LogP contribution in [0.3, 0.4) is 0 Å². The van der Waals surface area contributed by atoms with Gasteiger partial charge in [-0.1, -0.05) is 0 Å². The number of amides is 1. The monoisotopic (exact) mass is 182 g/mol. The Labute approximate surface area is 72.2 Å². The maximum atomic E-state index is 10.8. The van der Waals surface area contributed by atoms with Crippen molar-refractivity contribution >= 4 is 18.3 Å². The molecule has 0 spiro atoms. The average molecular weight is 183 g/mol. The molecule has 1 aliphatic rings. The molecule has 5 heteroatoms. The maximum Gasteiger partial charge on any atom is 0.237 e. The molecule has 1 aliphatic heterocycles. The van der Waals surface area contributed by atoms with E-state index in [0.717, 1.165) is 6.42 Å². The Kier molecular flexibility index (Phi) is 4.71. The van der Waals surface area contributed by atoms with Gasteiger partial charge in [0.15, 0.2) is 0 Å². The molecule has 1 fully saturated rings. The third-order valence-corrected chi connectivity index (χ3v) is 1.53. The molecule has 1 atom stereocenters. The van der Waals surface area contributed by atoms with Gasteiger partial charge in [-0.05, 0) is 20.3 Å². The Balaban J connectivity index is 0. The van der Waals surface area contributed by atoms with Gasteiger partial charge >= 0.3 is 0 Å². The van der Waals surface area contributed by atoms with Crippen LogP contribution in [0.1, 0.15) is 20.3 Å². The second-order valence-electron chi connectivity index (χ2n) is 3.18. The first-order chi connectivity index (χ1) is 4.01. The molecule has 0 radical (unpaired) electrons. The Morgan fingerprint density at radius 1 is 1.64 bits per heavy atom. The van der Waals surface area contributed by atoms with Gasteiger partial charge in [0.2, 0.25) is 5.91 Å². The normalized spacial score (nSPS) is 26.5. The highest BCUT2D eigenvalue weighted by atomic mass is 35.5. The Bertz CT molecular complexity index is 150. The largest absolute Gasteiger partial charge is 0.412 e. The predicted octanol–water partition coefficient (Wildman–Crippen LogP) is -0.791. The second-order valence-corrected chi connectivity index (χ2v) is 3.18. The van der Waals surface area contributed by atoms with Crippen molar-refractivity contribution < 1.29 is 10.3 Å². The molecule has 0 aromatic carbocycles. The highest BCUT2D eigenvalue weighted by Gasteiger charge is 2.34. The van der Waals surface area contributed by atoms with Crippen molar-refractivity contribution in [2.75, 3.05) is 0 Å². The lowest BCUT2D eigenvalue weighted by Gasteiger charge is -2.15. The summed E-state index contributed by atoms with van der Waals surface area (Å²) in [5, 5.41) is 2.78. The predicted molar refractivity (Wildman–Crippen MR) is 45.7 cm³/mol. The van der Waals surface area contributed by atoms with Gasteiger partial charge in [0.05, 0.1) is 6.04 Å². The van der Waals surface area contributed by atoms with Crippen molar-refractivity contribution in [3.05, 3.63) is 0 Å². The van der Waals surface area contributed by atoms with Crippen LogP contribution in [0.15, 0.2) is 0 Å². The van der Waals surface area contributed by atoms with Crippen molar-refractivity contribution in [2.45, 2.75) is 31.8 Å². The SMILES string of the molecule is CC1(C)C[C@H](N)C(=O)N1.Cl.O. The van der Waals surface area contributed by atoms with E-state index in [9.17, 15) is 4.79 Å². The number of carbonyl (C=O) groups excluding carboxylic acids is 1. The van der Waals surface area contributed by atoms with Gasteiger partial charge in [-0.25, -0.2) is 0 Å². The van der Waals surface area contributed by atoms with Gasteiger partial charge in [0.25, 0.3) is 0 Å². The zero-order chi connectivity index (χ0) is 7.07. The zero-order valence-electron chi connectivity index (χ0n) is 6.68. The maximum absolute atomic E-state index is 10.8. The van der Waals surface area contributed by atoms with E-state index >= 15 is 0 Å². The number of halogens is 1. The summed E-state index contributed by atoms with van der Waals surface area (Å²) in [5.74, 6) is -0.0278. The fraction of sp³-hybridized carbons (Fsp3) is 0.833. The number of hydrogen-bond donors (Lipinski definition) is 2. The van der Waals surface area contributed by atoms with Crippen LogP contribution in [0, 0.1) is 0 Å². The lowest BCUT2D eigenvalue weighted by Crippen LogP contribution is -2.35. The third-order valence-electron chi connectivity index (χ3n) is 1.53. The van der Waals surface area contributed by atoms with Crippen molar-refractivity contribution in [3.8, 4) is 0 Å². The highest BCUT2D eigenvalue weighted by molar-refractivity contribution is 5.85. The number of nitrogens with one attached hydrogen (secondary N) is 1. The van der Waals surface area contributed by atoms with Gasteiger partial charge in [0, 0.05) is 5.54 Å². The molecule has 4 nitrogen and oxygen atoms in total. The molecule has 5 N–H and O–H groups in total. The van der Waals surface area contributed by atoms with Crippen LogP contribution >= 0.6 is 12.4 Å². The topological polar surface area (TPSA) is 86.6 Å². The molecular formula is C6H15ClN2O2. The minimum absolute atomic E-state index is 0. The molecule has 68 valence electrons. The Morgan fingerprint density at radius 2 is 2.09 bits per heavy atom. The van der Waals surface area contributed by atoms with E-state index in [1.807, 2.05) is 13.8 Å². The average Bonchev–Trinajstić information content (AvgIpc) is 1.79. The van der Waals surface area contributed by atoms with Gasteiger partial charge in [-0.2, -0.15) is 0 Å². The summed E-state index contributed by atoms with van der Waals surface area (Å²) in [7, 11) is 0. The minimum Gasteiger partial charge on any atom is -0.412 e. The second kappa shape index (κ2) is 3.90. The quantitative estimate of drug-likeness (QED) is 0.515. The molecule has 0 aliphatic carbocycles. The summed E-state index contributed by atoms with van der Waals surface area (Å²) in [6.45, 7) is 3.94. The van der Waals surface area contributed by atoms with E-state index in [4.69, 9.17) is 5.73 Å². The summed E-state index contributed by atoms with van der Waals surface area (Å²) in [4.78, 5) is 10.8. The number of rotatable bonds is 0. The lowest BCUT2D eigenvalue weighted by molar-refractivity contribution is -0.120. The smallest absolute Gasteiger partial charge is 0.237 e. The molecular weight excluding hydrogens is 168 g/mol. The summed E-state index contributed by atoms with van der Waals surface area (Å²) in [5.41, 5.74) is 5.36. The van der Waals surface area contributed by atoms with E-state index in [1.165, 1.54) is 0 Å². The Hall–Kier alpha value is -0.320. The van der Waals surface area contributed by atoms with E-state index in [2.05, 4.69) is 5.32 Å². The number of carbonyl (C=O) groups is 1. The van der Waals surface area contributed by atoms with Gasteiger partial charge in [-0.15, -0.1) is 12.4 Å². The van der Waals surface area contributed by atoms with E-state index in [1.54, 1.807) is 0 Å². The van der Waals surface area contributed by atoms with Gasteiger partial charge < -0.3 is 16.5 Å². The molecule has 1 amide bonds. The number of hydrogen-bond acceptors (Lipinski definition) is 2. The van der Waals surface area contributed by atoms with E-state index in [-0.39, 0.29) is 35.4 Å². The molecule has 0 aromatic heterocycles. The summed E-state index contributed by atoms with van der Waals surface area (Å²) in [6.07, 6.45) is 0.742. The molecule has 1 heterocycles. The standard InChI is InChI=1S/C6H12N2O.ClH.H2O/c1-6(2)3-4(7)5(9)8-6;;/h4H,3,7H2,1-2H3,(H,8,9);1H;1H2/t4-;;/m0../s1. The molecule has 0 unspecified atom stereocenters. The minimum atomic E-state index is -0.292. The van der Waals surface area contributed by atoms with Crippen LogP contribution in [0.5, 0.6) is 0 Å². The molecule has 0 saturated carbocycles. The fourth-order valence-electron chi connectivity index (χ4n) is 1.12. The summed E-state index contributed by atoms with van der Waals surface area (Å²) < 4.78 is 0. The van der Waals surface area contributed by atoms with E-state index in [0.29, 0.717) is 0 Å². The molecule has 11 heavy (non-hydrogen) atoms. The lowest BCUT2D eigenvalue weighted by atomic mass is 10.0. The summed E-state index contributed by atoms with van der Waals surface area (Å²) in [6, 6.07) is -0.292. The van der Waals surface area contributed by atoms with Crippen molar-refractivity contribution in [1.29, 1.82) is 0 Å². The van der Waals surface area contributed by atoms with Crippen molar-refractivity contribution in [1.82, 2.24) is 5.32 Å². The van der Waals surface area contributed by atoms with Gasteiger partial charge in [0.1, 0.15) is 0 Å². The van der Waals surface area contributed by atoms with Crippen LogP contribution in [-0.2, 0) is 4.79 Å². The van der Waals surface area contributed by atoms with Gasteiger partial charge in [-0.3, -0.25) is 4.79 Å².